The summed E-state index contributed by atoms with van der Waals surface area (Å²) in [6, 6.07) is 14.3. The number of amides is 2. The van der Waals surface area contributed by atoms with Crippen molar-refractivity contribution in [2.75, 3.05) is 11.4 Å². The lowest BCUT2D eigenvalue weighted by atomic mass is 10.0. The first-order valence-corrected chi connectivity index (χ1v) is 9.33. The van der Waals surface area contributed by atoms with E-state index in [0.29, 0.717) is 29.8 Å². The molecule has 0 saturated heterocycles. The summed E-state index contributed by atoms with van der Waals surface area (Å²) >= 11 is 0. The van der Waals surface area contributed by atoms with Crippen LogP contribution in [-0.2, 0) is 11.2 Å². The van der Waals surface area contributed by atoms with Crippen LogP contribution in [0.4, 0.5) is 10.1 Å². The molecule has 30 heavy (non-hydrogen) atoms. The summed E-state index contributed by atoms with van der Waals surface area (Å²) < 4.78 is 13.4. The van der Waals surface area contributed by atoms with Crippen LogP contribution in [0.3, 0.4) is 0 Å². The summed E-state index contributed by atoms with van der Waals surface area (Å²) in [6.45, 7) is 0.452. The molecule has 0 spiro atoms. The molecule has 2 N–H and O–H groups in total. The molecule has 1 aromatic heterocycles. The van der Waals surface area contributed by atoms with Crippen LogP contribution in [0.5, 0.6) is 0 Å². The van der Waals surface area contributed by atoms with Gasteiger partial charge in [0.2, 0.25) is 0 Å². The molecule has 0 radical (unpaired) electrons. The zero-order valence-corrected chi connectivity index (χ0v) is 15.9. The van der Waals surface area contributed by atoms with Crippen molar-refractivity contribution in [2.45, 2.75) is 6.42 Å². The molecule has 0 aliphatic carbocycles. The van der Waals surface area contributed by atoms with Crippen molar-refractivity contribution in [3.8, 4) is 0 Å². The number of aromatic nitrogens is 1. The van der Waals surface area contributed by atoms with Gasteiger partial charge in [-0.3, -0.25) is 19.8 Å². The fourth-order valence-electron chi connectivity index (χ4n) is 3.47. The van der Waals surface area contributed by atoms with Crippen molar-refractivity contribution in [3.05, 3.63) is 95.1 Å². The highest BCUT2D eigenvalue weighted by Gasteiger charge is 2.28. The molecule has 1 aliphatic rings. The van der Waals surface area contributed by atoms with Gasteiger partial charge in [-0.1, -0.05) is 18.2 Å². The Morgan fingerprint density at radius 2 is 1.73 bits per heavy atom. The molecule has 4 rings (SSSR count). The summed E-state index contributed by atoms with van der Waals surface area (Å²) in [6.07, 6.45) is 5.64. The molecule has 0 saturated carbocycles. The first-order valence-electron chi connectivity index (χ1n) is 9.33. The van der Waals surface area contributed by atoms with E-state index in [0.717, 1.165) is 11.1 Å². The number of nitrogens with zero attached hydrogens (tertiary/aromatic N) is 2. The van der Waals surface area contributed by atoms with E-state index in [2.05, 4.69) is 4.98 Å². The Labute approximate surface area is 172 Å². The predicted molar refractivity (Wildman–Crippen MR) is 110 cm³/mol. The number of pyridine rings is 1. The van der Waals surface area contributed by atoms with Crippen LogP contribution in [0.2, 0.25) is 0 Å². The van der Waals surface area contributed by atoms with E-state index < -0.39 is 5.91 Å². The molecule has 1 aliphatic heterocycles. The molecule has 7 heteroatoms. The lowest BCUT2D eigenvalue weighted by Crippen LogP contribution is -2.30. The molecular weight excluding hydrogens is 385 g/mol. The minimum atomic E-state index is -0.650. The standard InChI is InChI=1S/C23H18FN3O3/c24-19-5-3-16(4-6-19)20(13-15-7-10-25-11-8-15)23(29)27-12-9-17-1-2-18(14-21(17)27)22(28)26-30/h1-8,10-11,13-14,30H,9,12H2,(H,26,28). The maximum absolute atomic E-state index is 13.5. The van der Waals surface area contributed by atoms with E-state index in [1.54, 1.807) is 71.3 Å². The summed E-state index contributed by atoms with van der Waals surface area (Å²) in [4.78, 5) is 30.9. The highest BCUT2D eigenvalue weighted by molar-refractivity contribution is 6.30. The molecule has 0 fully saturated rings. The maximum atomic E-state index is 13.5. The van der Waals surface area contributed by atoms with Crippen molar-refractivity contribution in [1.82, 2.24) is 10.5 Å². The van der Waals surface area contributed by atoms with E-state index >= 15 is 0 Å². The topological polar surface area (TPSA) is 82.5 Å². The zero-order valence-electron chi connectivity index (χ0n) is 15.9. The normalized spacial score (nSPS) is 13.1. The number of hydrogen-bond donors (Lipinski definition) is 2. The molecule has 0 bridgehead atoms. The molecule has 6 nitrogen and oxygen atoms in total. The Morgan fingerprint density at radius 1 is 1.03 bits per heavy atom. The van der Waals surface area contributed by atoms with Crippen LogP contribution in [0, 0.1) is 5.82 Å². The quantitative estimate of drug-likeness (QED) is 0.397. The number of halogens is 1. The number of carbonyl (C=O) groups excluding carboxylic acids is 2. The van der Waals surface area contributed by atoms with E-state index in [1.165, 1.54) is 12.1 Å². The Hall–Kier alpha value is -3.84. The number of hydroxylamine groups is 1. The zero-order chi connectivity index (χ0) is 21.1. The summed E-state index contributed by atoms with van der Waals surface area (Å²) in [5.41, 5.74) is 5.16. The van der Waals surface area contributed by atoms with E-state index in [4.69, 9.17) is 5.21 Å². The molecular formula is C23H18FN3O3. The number of hydrogen-bond acceptors (Lipinski definition) is 4. The average Bonchev–Trinajstić information content (AvgIpc) is 3.21. The average molecular weight is 403 g/mol. The van der Waals surface area contributed by atoms with Gasteiger partial charge < -0.3 is 4.90 Å². The van der Waals surface area contributed by atoms with Crippen molar-refractivity contribution in [1.29, 1.82) is 0 Å². The van der Waals surface area contributed by atoms with E-state index in [1.807, 2.05) is 0 Å². The Kier molecular flexibility index (Phi) is 5.36. The second kappa shape index (κ2) is 8.26. The highest BCUT2D eigenvalue weighted by atomic mass is 19.1. The maximum Gasteiger partial charge on any atom is 0.274 e. The molecule has 2 amide bonds. The molecule has 3 aromatic rings. The largest absolute Gasteiger partial charge is 0.308 e. The third-order valence-corrected chi connectivity index (χ3v) is 4.99. The number of benzene rings is 2. The van der Waals surface area contributed by atoms with Crippen molar-refractivity contribution >= 4 is 29.2 Å². The minimum Gasteiger partial charge on any atom is -0.308 e. The van der Waals surface area contributed by atoms with E-state index in [9.17, 15) is 14.0 Å². The monoisotopic (exact) mass is 403 g/mol. The van der Waals surface area contributed by atoms with Gasteiger partial charge in [0.05, 0.1) is 0 Å². The minimum absolute atomic E-state index is 0.248. The fourth-order valence-corrected chi connectivity index (χ4v) is 3.47. The smallest absolute Gasteiger partial charge is 0.274 e. The number of anilines is 1. The Balaban J connectivity index is 1.76. The van der Waals surface area contributed by atoms with Gasteiger partial charge in [0.25, 0.3) is 11.8 Å². The van der Waals surface area contributed by atoms with Crippen LogP contribution in [0.15, 0.2) is 67.0 Å². The van der Waals surface area contributed by atoms with Gasteiger partial charge in [0.1, 0.15) is 5.82 Å². The van der Waals surface area contributed by atoms with Crippen LogP contribution >= 0.6 is 0 Å². The van der Waals surface area contributed by atoms with Crippen LogP contribution in [-0.4, -0.2) is 28.6 Å². The van der Waals surface area contributed by atoms with Crippen molar-refractivity contribution in [2.24, 2.45) is 0 Å². The van der Waals surface area contributed by atoms with Gasteiger partial charge in [0.15, 0.2) is 0 Å². The van der Waals surface area contributed by atoms with Gasteiger partial charge in [-0.05, 0) is 65.6 Å². The molecule has 0 unspecified atom stereocenters. The van der Waals surface area contributed by atoms with Crippen LogP contribution in [0.1, 0.15) is 27.0 Å². The van der Waals surface area contributed by atoms with Gasteiger partial charge in [-0.15, -0.1) is 0 Å². The van der Waals surface area contributed by atoms with Crippen molar-refractivity contribution < 1.29 is 19.2 Å². The summed E-state index contributed by atoms with van der Waals surface area (Å²) in [5.74, 6) is -1.30. The lowest BCUT2D eigenvalue weighted by molar-refractivity contribution is -0.113. The third kappa shape index (κ3) is 3.83. The first-order chi connectivity index (χ1) is 14.6. The fraction of sp³-hybridized carbons (Fsp3) is 0.0870. The summed E-state index contributed by atoms with van der Waals surface area (Å²) in [5, 5.41) is 8.91. The number of nitrogens with one attached hydrogen (secondary N) is 1. The number of fused-ring (bicyclic) bond motifs is 1. The first kappa shape index (κ1) is 19.5. The summed E-state index contributed by atoms with van der Waals surface area (Å²) in [7, 11) is 0. The molecule has 2 aromatic carbocycles. The van der Waals surface area contributed by atoms with Gasteiger partial charge in [-0.25, -0.2) is 9.87 Å². The van der Waals surface area contributed by atoms with Gasteiger partial charge in [0, 0.05) is 35.8 Å². The third-order valence-electron chi connectivity index (χ3n) is 4.99. The lowest BCUT2D eigenvalue weighted by Gasteiger charge is -2.20. The Bertz CT molecular complexity index is 1130. The second-order valence-electron chi connectivity index (χ2n) is 6.84. The van der Waals surface area contributed by atoms with Crippen LogP contribution < -0.4 is 10.4 Å². The van der Waals surface area contributed by atoms with Gasteiger partial charge in [-0.2, -0.15) is 0 Å². The SMILES string of the molecule is O=C(NO)c1ccc2c(c1)N(C(=O)C(=Cc1ccncc1)c1ccc(F)cc1)CC2. The molecule has 2 heterocycles. The Morgan fingerprint density at radius 3 is 2.43 bits per heavy atom. The van der Waals surface area contributed by atoms with E-state index in [-0.39, 0.29) is 17.3 Å². The molecule has 150 valence electrons. The molecule has 0 atom stereocenters. The number of carbonyl (C=O) groups is 2. The van der Waals surface area contributed by atoms with Crippen LogP contribution in [0.25, 0.3) is 11.6 Å². The number of rotatable bonds is 4. The predicted octanol–water partition coefficient (Wildman–Crippen LogP) is 3.47. The highest BCUT2D eigenvalue weighted by Crippen LogP contribution is 2.32. The van der Waals surface area contributed by atoms with Gasteiger partial charge >= 0.3 is 0 Å². The van der Waals surface area contributed by atoms with Crippen molar-refractivity contribution in [3.63, 3.8) is 0 Å². The second-order valence-corrected chi connectivity index (χ2v) is 6.84.